The lowest BCUT2D eigenvalue weighted by Gasteiger charge is -2.52. The predicted octanol–water partition coefficient (Wildman–Crippen LogP) is 3.32. The van der Waals surface area contributed by atoms with Gasteiger partial charge in [0.15, 0.2) is 0 Å². The summed E-state index contributed by atoms with van der Waals surface area (Å²) in [6, 6.07) is 5.71. The van der Waals surface area contributed by atoms with E-state index in [1.165, 1.54) is 11.1 Å². The second-order valence-corrected chi connectivity index (χ2v) is 11.6. The Bertz CT molecular complexity index is 966. The van der Waals surface area contributed by atoms with Gasteiger partial charge in [-0.25, -0.2) is 4.79 Å². The third-order valence-electron chi connectivity index (χ3n) is 8.50. The lowest BCUT2D eigenvalue weighted by Crippen LogP contribution is -2.48. The Morgan fingerprint density at radius 3 is 2.73 bits per heavy atom. The van der Waals surface area contributed by atoms with Gasteiger partial charge in [-0.05, 0) is 78.5 Å². The van der Waals surface area contributed by atoms with Gasteiger partial charge >= 0.3 is 5.97 Å². The number of aliphatic hydroxyl groups excluding tert-OH is 1. The minimum atomic E-state index is -0.568. The Morgan fingerprint density at radius 2 is 1.97 bits per heavy atom. The second-order valence-electron chi connectivity index (χ2n) is 10.2. The molecule has 0 aromatic heterocycles. The molecule has 0 bridgehead atoms. The lowest BCUT2D eigenvalue weighted by molar-refractivity contribution is -0.197. The van der Waals surface area contributed by atoms with Gasteiger partial charge in [-0.3, -0.25) is 9.59 Å². The molecule has 6 atom stereocenters. The van der Waals surface area contributed by atoms with Crippen LogP contribution in [-0.4, -0.2) is 50.2 Å². The van der Waals surface area contributed by atoms with Crippen molar-refractivity contribution in [1.29, 1.82) is 0 Å². The first-order valence-electron chi connectivity index (χ1n) is 12.0. The Kier molecular flexibility index (Phi) is 5.93. The summed E-state index contributed by atoms with van der Waals surface area (Å²) < 4.78 is 0. The van der Waals surface area contributed by atoms with Crippen molar-refractivity contribution in [3.63, 3.8) is 0 Å². The van der Waals surface area contributed by atoms with Crippen molar-refractivity contribution in [1.82, 2.24) is 5.06 Å². The van der Waals surface area contributed by atoms with Crippen molar-refractivity contribution in [2.45, 2.75) is 75.6 Å². The molecule has 2 saturated carbocycles. The van der Waals surface area contributed by atoms with E-state index in [1.54, 1.807) is 17.8 Å². The van der Waals surface area contributed by atoms with Crippen LogP contribution in [0.25, 0.3) is 0 Å². The van der Waals surface area contributed by atoms with Crippen LogP contribution in [0.5, 0.6) is 5.75 Å². The van der Waals surface area contributed by atoms with Crippen molar-refractivity contribution in [3.8, 4) is 5.75 Å². The molecule has 1 aromatic carbocycles. The largest absolute Gasteiger partial charge is 0.508 e. The third kappa shape index (κ3) is 3.95. The number of phenols is 1. The fourth-order valence-electron chi connectivity index (χ4n) is 6.80. The average Bonchev–Trinajstić information content (AvgIpc) is 3.26. The first-order valence-corrected chi connectivity index (χ1v) is 13.0. The van der Waals surface area contributed by atoms with Gasteiger partial charge in [-0.2, -0.15) is 11.8 Å². The zero-order valence-electron chi connectivity index (χ0n) is 18.9. The number of hydrogen-bond acceptors (Lipinski definition) is 7. The lowest BCUT2D eigenvalue weighted by atomic mass is 9.55. The molecule has 2 N–H and O–H groups in total. The quantitative estimate of drug-likeness (QED) is 0.632. The van der Waals surface area contributed by atoms with E-state index < -0.39 is 17.8 Å². The number of thioether (sulfide) groups is 1. The smallest absolute Gasteiger partial charge is 0.334 e. The van der Waals surface area contributed by atoms with Crippen LogP contribution in [-0.2, 0) is 25.6 Å². The highest BCUT2D eigenvalue weighted by molar-refractivity contribution is 7.99. The number of nitrogens with zero attached hydrogens (tertiary/aromatic N) is 1. The molecule has 1 saturated heterocycles. The van der Waals surface area contributed by atoms with Crippen LogP contribution in [0.1, 0.15) is 68.9 Å². The number of hydrogen-bond donors (Lipinski definition) is 2. The van der Waals surface area contributed by atoms with Gasteiger partial charge in [0.2, 0.25) is 0 Å². The Labute approximate surface area is 197 Å². The number of benzene rings is 1. The van der Waals surface area contributed by atoms with E-state index in [2.05, 4.69) is 13.0 Å². The predicted molar refractivity (Wildman–Crippen MR) is 122 cm³/mol. The summed E-state index contributed by atoms with van der Waals surface area (Å²) in [7, 11) is 0. The average molecular weight is 474 g/mol. The fourth-order valence-corrected chi connectivity index (χ4v) is 8.29. The zero-order chi connectivity index (χ0) is 23.3. The highest BCUT2D eigenvalue weighted by atomic mass is 32.2. The molecule has 1 aliphatic heterocycles. The van der Waals surface area contributed by atoms with Gasteiger partial charge in [0.05, 0.1) is 12.5 Å². The molecule has 178 valence electrons. The van der Waals surface area contributed by atoms with Gasteiger partial charge in [0, 0.05) is 23.8 Å². The summed E-state index contributed by atoms with van der Waals surface area (Å²) in [6.45, 7) is 2.24. The molecule has 5 rings (SSSR count). The van der Waals surface area contributed by atoms with E-state index in [4.69, 9.17) is 4.84 Å². The number of carbonyl (C=O) groups excluding carboxylic acids is 3. The molecule has 1 heterocycles. The Morgan fingerprint density at radius 1 is 1.21 bits per heavy atom. The maximum Gasteiger partial charge on any atom is 0.334 e. The van der Waals surface area contributed by atoms with Crippen LogP contribution in [0.3, 0.4) is 0 Å². The summed E-state index contributed by atoms with van der Waals surface area (Å²) >= 11 is 1.74. The van der Waals surface area contributed by atoms with E-state index in [0.29, 0.717) is 28.6 Å². The topological polar surface area (TPSA) is 104 Å². The molecule has 4 aliphatic rings. The molecule has 0 spiro atoms. The molecule has 33 heavy (non-hydrogen) atoms. The molecule has 1 aromatic rings. The summed E-state index contributed by atoms with van der Waals surface area (Å²) in [5.74, 6) is 0.531. The molecule has 0 radical (unpaired) electrons. The second kappa shape index (κ2) is 8.62. The van der Waals surface area contributed by atoms with Gasteiger partial charge in [0.25, 0.3) is 11.8 Å². The maximum atomic E-state index is 12.3. The summed E-state index contributed by atoms with van der Waals surface area (Å²) in [5.41, 5.74) is 2.43. The first kappa shape index (κ1) is 22.7. The number of hydroxylamine groups is 2. The van der Waals surface area contributed by atoms with Gasteiger partial charge in [-0.15, -0.1) is 5.06 Å². The molecule has 8 heteroatoms. The van der Waals surface area contributed by atoms with Crippen LogP contribution in [0.4, 0.5) is 0 Å². The van der Waals surface area contributed by atoms with Gasteiger partial charge in [0.1, 0.15) is 5.75 Å². The highest BCUT2D eigenvalue weighted by Gasteiger charge is 2.56. The number of imide groups is 1. The molecule has 2 amide bonds. The molecular formula is C25H31NO6S. The van der Waals surface area contributed by atoms with Gasteiger partial charge < -0.3 is 15.1 Å². The van der Waals surface area contributed by atoms with Crippen LogP contribution in [0, 0.1) is 17.3 Å². The molecular weight excluding hydrogens is 442 g/mol. The monoisotopic (exact) mass is 473 g/mol. The maximum absolute atomic E-state index is 12.3. The molecule has 3 aliphatic carbocycles. The molecule has 7 nitrogen and oxygen atoms in total. The Balaban J connectivity index is 1.31. The van der Waals surface area contributed by atoms with Crippen LogP contribution in [0.2, 0.25) is 0 Å². The SMILES string of the molecule is CC12CCC3c4ccc(O)cc4CC(SCCC(=O)ON4C(=O)CCC4=O)C3C1CCC2O. The minimum absolute atomic E-state index is 0.0657. The van der Waals surface area contributed by atoms with E-state index in [1.807, 2.05) is 6.07 Å². The zero-order valence-corrected chi connectivity index (χ0v) is 19.7. The van der Waals surface area contributed by atoms with E-state index >= 15 is 0 Å². The standard InChI is InChI=1S/C25H31NO6S/c1-25-10-8-17-16-3-2-15(27)12-14(16)13-19(24(17)18(25)4-5-20(25)28)33-11-9-23(31)32-26-21(29)6-7-22(26)30/h2-3,12,17-20,24,27-28H,4-11,13H2,1H3. The van der Waals surface area contributed by atoms with Crippen molar-refractivity contribution in [3.05, 3.63) is 29.3 Å². The van der Waals surface area contributed by atoms with Crippen molar-refractivity contribution >= 4 is 29.5 Å². The van der Waals surface area contributed by atoms with E-state index in [0.717, 1.165) is 32.1 Å². The number of aliphatic hydroxyl groups is 1. The van der Waals surface area contributed by atoms with Crippen molar-refractivity contribution in [2.24, 2.45) is 17.3 Å². The molecule has 6 unspecified atom stereocenters. The number of carbonyl (C=O) groups is 3. The number of amides is 2. The van der Waals surface area contributed by atoms with Crippen LogP contribution < -0.4 is 0 Å². The minimum Gasteiger partial charge on any atom is -0.508 e. The number of fused-ring (bicyclic) bond motifs is 5. The van der Waals surface area contributed by atoms with Crippen molar-refractivity contribution in [2.75, 3.05) is 5.75 Å². The van der Waals surface area contributed by atoms with Crippen LogP contribution in [0.15, 0.2) is 18.2 Å². The van der Waals surface area contributed by atoms with Gasteiger partial charge in [-0.1, -0.05) is 13.0 Å². The summed E-state index contributed by atoms with van der Waals surface area (Å²) in [6.07, 6.45) is 4.73. The highest BCUT2D eigenvalue weighted by Crippen LogP contribution is 2.62. The van der Waals surface area contributed by atoms with Crippen molar-refractivity contribution < 1.29 is 29.4 Å². The molecule has 3 fully saturated rings. The number of aromatic hydroxyl groups is 1. The number of rotatable bonds is 5. The third-order valence-corrected chi connectivity index (χ3v) is 9.84. The van der Waals surface area contributed by atoms with Crippen LogP contribution >= 0.6 is 11.8 Å². The summed E-state index contributed by atoms with van der Waals surface area (Å²) in [5, 5.41) is 21.7. The normalized spacial score (nSPS) is 35.2. The number of phenolic OH excluding ortho intramolecular Hbond substituents is 1. The summed E-state index contributed by atoms with van der Waals surface area (Å²) in [4.78, 5) is 40.7. The van der Waals surface area contributed by atoms with E-state index in [9.17, 15) is 24.6 Å². The first-order chi connectivity index (χ1) is 15.8. The fraction of sp³-hybridized carbons (Fsp3) is 0.640. The Hall–Kier alpha value is -2.06. The van der Waals surface area contributed by atoms with E-state index in [-0.39, 0.29) is 41.8 Å².